The second kappa shape index (κ2) is 8.51. The molecule has 2 aromatic rings. The molecule has 3 N–H and O–H groups in total. The second-order valence-electron chi connectivity index (χ2n) is 5.29. The van der Waals surface area contributed by atoms with Crippen molar-refractivity contribution in [3.8, 4) is 0 Å². The number of rotatable bonds is 7. The van der Waals surface area contributed by atoms with Crippen LogP contribution in [0.3, 0.4) is 0 Å². The van der Waals surface area contributed by atoms with E-state index in [1.54, 1.807) is 0 Å². The summed E-state index contributed by atoms with van der Waals surface area (Å²) in [4.78, 5) is 2.45. The smallest absolute Gasteiger partial charge is 0.168 e. The molecule has 116 valence electrons. The number of anilines is 1. The third kappa shape index (κ3) is 5.47. The number of thiocarbonyl (C=S) groups is 1. The summed E-state index contributed by atoms with van der Waals surface area (Å²) in [5.74, 6) is 0. The molecule has 0 heterocycles. The van der Waals surface area contributed by atoms with Gasteiger partial charge in [0.05, 0.1) is 0 Å². The normalized spacial score (nSPS) is 10.6. The standard InChI is InChI=1S/C18H23N3S/c1-2-21(14-16-6-4-3-5-7-16)13-12-15-8-10-17(11-9-15)20-18(19)22/h3-11H,2,12-14H2,1H3,(H3,19,20,22). The van der Waals surface area contributed by atoms with Crippen LogP contribution in [0.2, 0.25) is 0 Å². The lowest BCUT2D eigenvalue weighted by atomic mass is 10.1. The van der Waals surface area contributed by atoms with Gasteiger partial charge in [0.2, 0.25) is 0 Å². The molecule has 0 fully saturated rings. The van der Waals surface area contributed by atoms with Crippen LogP contribution in [0.25, 0.3) is 0 Å². The number of likely N-dealkylation sites (N-methyl/N-ethyl adjacent to an activating group) is 1. The molecule has 0 radical (unpaired) electrons. The van der Waals surface area contributed by atoms with Crippen LogP contribution in [-0.2, 0) is 13.0 Å². The number of nitrogens with zero attached hydrogens (tertiary/aromatic N) is 1. The highest BCUT2D eigenvalue weighted by Gasteiger charge is 2.04. The van der Waals surface area contributed by atoms with E-state index < -0.39 is 0 Å². The van der Waals surface area contributed by atoms with Gasteiger partial charge < -0.3 is 11.1 Å². The van der Waals surface area contributed by atoms with E-state index in [-0.39, 0.29) is 0 Å². The zero-order chi connectivity index (χ0) is 15.8. The molecule has 0 aliphatic heterocycles. The van der Waals surface area contributed by atoms with Gasteiger partial charge in [0, 0.05) is 18.8 Å². The van der Waals surface area contributed by atoms with Gasteiger partial charge in [-0.3, -0.25) is 4.90 Å². The Labute approximate surface area is 138 Å². The molecule has 3 nitrogen and oxygen atoms in total. The molecular formula is C18H23N3S. The van der Waals surface area contributed by atoms with Gasteiger partial charge in [0.1, 0.15) is 0 Å². The molecule has 0 amide bonds. The minimum Gasteiger partial charge on any atom is -0.376 e. The Morgan fingerprint density at radius 3 is 2.32 bits per heavy atom. The van der Waals surface area contributed by atoms with E-state index in [9.17, 15) is 0 Å². The summed E-state index contributed by atoms with van der Waals surface area (Å²) in [5, 5.41) is 3.24. The summed E-state index contributed by atoms with van der Waals surface area (Å²) in [6.45, 7) is 5.31. The molecular weight excluding hydrogens is 290 g/mol. The van der Waals surface area contributed by atoms with Gasteiger partial charge >= 0.3 is 0 Å². The van der Waals surface area contributed by atoms with Gasteiger partial charge in [-0.1, -0.05) is 49.4 Å². The minimum atomic E-state index is 0.299. The first-order chi connectivity index (χ1) is 10.7. The molecule has 0 unspecified atom stereocenters. The van der Waals surface area contributed by atoms with Crippen LogP contribution in [0.1, 0.15) is 18.1 Å². The molecule has 2 aromatic carbocycles. The van der Waals surface area contributed by atoms with Crippen LogP contribution < -0.4 is 11.1 Å². The molecule has 0 bridgehead atoms. The monoisotopic (exact) mass is 313 g/mol. The summed E-state index contributed by atoms with van der Waals surface area (Å²) >= 11 is 4.83. The molecule has 0 aliphatic rings. The van der Waals surface area contributed by atoms with Gasteiger partial charge in [-0.25, -0.2) is 0 Å². The third-order valence-electron chi connectivity index (χ3n) is 3.63. The first-order valence-corrected chi connectivity index (χ1v) is 8.00. The second-order valence-corrected chi connectivity index (χ2v) is 5.73. The van der Waals surface area contributed by atoms with Crippen molar-refractivity contribution in [2.45, 2.75) is 19.9 Å². The summed E-state index contributed by atoms with van der Waals surface area (Å²) in [6, 6.07) is 18.9. The fourth-order valence-corrected chi connectivity index (χ4v) is 2.49. The molecule has 0 aliphatic carbocycles. The Morgan fingerprint density at radius 1 is 1.05 bits per heavy atom. The van der Waals surface area contributed by atoms with Crippen molar-refractivity contribution >= 4 is 23.0 Å². The highest BCUT2D eigenvalue weighted by molar-refractivity contribution is 7.80. The van der Waals surface area contributed by atoms with Crippen molar-refractivity contribution in [3.05, 3.63) is 65.7 Å². The number of benzene rings is 2. The number of nitrogens with two attached hydrogens (primary N) is 1. The largest absolute Gasteiger partial charge is 0.376 e. The summed E-state index contributed by atoms with van der Waals surface area (Å²) in [7, 11) is 0. The maximum atomic E-state index is 5.47. The maximum Gasteiger partial charge on any atom is 0.168 e. The van der Waals surface area contributed by atoms with Crippen molar-refractivity contribution in [1.29, 1.82) is 0 Å². The van der Waals surface area contributed by atoms with Crippen LogP contribution in [0.15, 0.2) is 54.6 Å². The van der Waals surface area contributed by atoms with Crippen LogP contribution in [0.4, 0.5) is 5.69 Å². The topological polar surface area (TPSA) is 41.3 Å². The Bertz CT molecular complexity index is 581. The Balaban J connectivity index is 1.86. The summed E-state index contributed by atoms with van der Waals surface area (Å²) in [6.07, 6.45) is 1.04. The van der Waals surface area contributed by atoms with E-state index in [0.29, 0.717) is 5.11 Å². The Hall–Kier alpha value is -1.91. The highest BCUT2D eigenvalue weighted by Crippen LogP contribution is 2.11. The van der Waals surface area contributed by atoms with Crippen molar-refractivity contribution in [2.75, 3.05) is 18.4 Å². The van der Waals surface area contributed by atoms with Crippen LogP contribution >= 0.6 is 12.2 Å². The molecule has 0 aromatic heterocycles. The lowest BCUT2D eigenvalue weighted by Crippen LogP contribution is -2.25. The van der Waals surface area contributed by atoms with E-state index in [4.69, 9.17) is 18.0 Å². The molecule has 0 saturated carbocycles. The van der Waals surface area contributed by atoms with Gasteiger partial charge in [-0.05, 0) is 48.4 Å². The number of nitrogens with one attached hydrogen (secondary N) is 1. The fourth-order valence-electron chi connectivity index (χ4n) is 2.37. The molecule has 0 atom stereocenters. The average molecular weight is 313 g/mol. The quantitative estimate of drug-likeness (QED) is 0.769. The highest BCUT2D eigenvalue weighted by atomic mass is 32.1. The predicted octanol–water partition coefficient (Wildman–Crippen LogP) is 3.41. The lowest BCUT2D eigenvalue weighted by molar-refractivity contribution is 0.283. The SMILES string of the molecule is CCN(CCc1ccc(NC(N)=S)cc1)Cc1ccccc1. The maximum absolute atomic E-state index is 5.47. The molecule has 4 heteroatoms. The molecule has 0 spiro atoms. The number of hydrogen-bond donors (Lipinski definition) is 2. The van der Waals surface area contributed by atoms with Crippen molar-refractivity contribution in [2.24, 2.45) is 5.73 Å². The van der Waals surface area contributed by atoms with E-state index >= 15 is 0 Å². The first-order valence-electron chi connectivity index (χ1n) is 7.59. The van der Waals surface area contributed by atoms with E-state index in [2.05, 4.69) is 59.6 Å². The average Bonchev–Trinajstić information content (AvgIpc) is 2.53. The summed E-state index contributed by atoms with van der Waals surface area (Å²) in [5.41, 5.74) is 9.08. The van der Waals surface area contributed by atoms with Crippen LogP contribution in [0, 0.1) is 0 Å². The molecule has 2 rings (SSSR count). The van der Waals surface area contributed by atoms with Gasteiger partial charge in [0.15, 0.2) is 5.11 Å². The fraction of sp³-hybridized carbons (Fsp3) is 0.278. The summed E-state index contributed by atoms with van der Waals surface area (Å²) < 4.78 is 0. The van der Waals surface area contributed by atoms with Crippen LogP contribution in [0.5, 0.6) is 0 Å². The Kier molecular flexibility index (Phi) is 6.37. The van der Waals surface area contributed by atoms with Gasteiger partial charge in [-0.15, -0.1) is 0 Å². The van der Waals surface area contributed by atoms with Crippen molar-refractivity contribution in [1.82, 2.24) is 4.90 Å². The predicted molar refractivity (Wildman–Crippen MR) is 97.9 cm³/mol. The van der Waals surface area contributed by atoms with Crippen LogP contribution in [-0.4, -0.2) is 23.1 Å². The lowest BCUT2D eigenvalue weighted by Gasteiger charge is -2.20. The Morgan fingerprint density at radius 2 is 1.73 bits per heavy atom. The van der Waals surface area contributed by atoms with Gasteiger partial charge in [0.25, 0.3) is 0 Å². The van der Waals surface area contributed by atoms with Gasteiger partial charge in [-0.2, -0.15) is 0 Å². The third-order valence-corrected chi connectivity index (χ3v) is 3.74. The molecule has 0 saturated heterocycles. The van der Waals surface area contributed by atoms with Crippen molar-refractivity contribution in [3.63, 3.8) is 0 Å². The zero-order valence-corrected chi connectivity index (χ0v) is 13.8. The van der Waals surface area contributed by atoms with E-state index in [0.717, 1.165) is 31.7 Å². The minimum absolute atomic E-state index is 0.299. The van der Waals surface area contributed by atoms with Crippen molar-refractivity contribution < 1.29 is 0 Å². The zero-order valence-electron chi connectivity index (χ0n) is 13.0. The van der Waals surface area contributed by atoms with E-state index in [1.165, 1.54) is 11.1 Å². The molecule has 22 heavy (non-hydrogen) atoms. The number of hydrogen-bond acceptors (Lipinski definition) is 2. The first kappa shape index (κ1) is 16.5. The van der Waals surface area contributed by atoms with E-state index in [1.807, 2.05) is 12.1 Å².